The predicted molar refractivity (Wildman–Crippen MR) is 197 cm³/mol. The number of hydrogen-bond donors (Lipinski definition) is 0. The van der Waals surface area contributed by atoms with Crippen LogP contribution in [0, 0.1) is 0 Å². The maximum Gasteiger partial charge on any atom is 0.166 e. The summed E-state index contributed by atoms with van der Waals surface area (Å²) in [6, 6.07) is 48.0. The van der Waals surface area contributed by atoms with Crippen molar-refractivity contribution in [3.05, 3.63) is 146 Å². The third kappa shape index (κ3) is 4.24. The average molecular weight is 633 g/mol. The molecule has 0 aliphatic heterocycles. The summed E-state index contributed by atoms with van der Waals surface area (Å²) < 4.78 is 8.60. The lowest BCUT2D eigenvalue weighted by atomic mass is 10.0. The Morgan fingerprint density at radius 1 is 0.417 bits per heavy atom. The van der Waals surface area contributed by atoms with Crippen LogP contribution in [0.3, 0.4) is 0 Å². The van der Waals surface area contributed by atoms with E-state index in [2.05, 4.69) is 103 Å². The number of furan rings is 1. The maximum atomic E-state index is 6.17. The van der Waals surface area contributed by atoms with Gasteiger partial charge in [-0.15, -0.1) is 11.3 Å². The fraction of sp³-hybridized carbons (Fsp3) is 0. The summed E-state index contributed by atoms with van der Waals surface area (Å²) in [5.74, 6) is 1.81. The van der Waals surface area contributed by atoms with E-state index in [0.717, 1.165) is 66.0 Å². The maximum absolute atomic E-state index is 6.17. The SMILES string of the molecule is c1ccc(-c2ccc(-c3nc(-c4cccc5c4ncc4oc6ccccc6c45)nc(-c4cccc5sc6ccccc6c45)n3)cc2)cc1. The van der Waals surface area contributed by atoms with E-state index in [4.69, 9.17) is 24.4 Å². The second-order valence-corrected chi connectivity index (χ2v) is 12.9. The Labute approximate surface area is 278 Å². The molecular formula is C42H24N4OS. The van der Waals surface area contributed by atoms with Gasteiger partial charge in [0.2, 0.25) is 0 Å². The quantitative estimate of drug-likeness (QED) is 0.193. The van der Waals surface area contributed by atoms with E-state index in [1.54, 1.807) is 11.3 Å². The van der Waals surface area contributed by atoms with Crippen LogP contribution in [-0.4, -0.2) is 19.9 Å². The minimum Gasteiger partial charge on any atom is -0.454 e. The van der Waals surface area contributed by atoms with Gasteiger partial charge in [-0.1, -0.05) is 115 Å². The number of para-hydroxylation sites is 2. The van der Waals surface area contributed by atoms with Gasteiger partial charge >= 0.3 is 0 Å². The Morgan fingerprint density at radius 2 is 1.04 bits per heavy atom. The Morgan fingerprint density at radius 3 is 1.92 bits per heavy atom. The van der Waals surface area contributed by atoms with Crippen molar-refractivity contribution < 1.29 is 4.42 Å². The molecule has 0 amide bonds. The Balaban J connectivity index is 1.23. The van der Waals surface area contributed by atoms with Crippen LogP contribution in [0.5, 0.6) is 0 Å². The molecule has 0 atom stereocenters. The Hall–Kier alpha value is -6.24. The summed E-state index contributed by atoms with van der Waals surface area (Å²) >= 11 is 1.79. The van der Waals surface area contributed by atoms with Gasteiger partial charge in [0.15, 0.2) is 23.1 Å². The molecule has 0 aliphatic rings. The molecule has 0 unspecified atom stereocenters. The molecule has 0 saturated carbocycles. The van der Waals surface area contributed by atoms with Crippen LogP contribution in [0.15, 0.2) is 150 Å². The van der Waals surface area contributed by atoms with Crippen molar-refractivity contribution in [3.63, 3.8) is 0 Å². The van der Waals surface area contributed by atoms with Crippen molar-refractivity contribution in [1.29, 1.82) is 0 Å². The van der Waals surface area contributed by atoms with Gasteiger partial charge in [-0.05, 0) is 35.4 Å². The summed E-state index contributed by atoms with van der Waals surface area (Å²) in [6.07, 6.45) is 1.81. The van der Waals surface area contributed by atoms with Crippen LogP contribution in [0.2, 0.25) is 0 Å². The van der Waals surface area contributed by atoms with Crippen LogP contribution in [0.4, 0.5) is 0 Å². The van der Waals surface area contributed by atoms with Gasteiger partial charge in [0.1, 0.15) is 5.58 Å². The molecule has 0 fully saturated rings. The third-order valence-corrected chi connectivity index (χ3v) is 10.1. The molecule has 0 radical (unpaired) electrons. The summed E-state index contributed by atoms with van der Waals surface area (Å²) in [5, 5.41) is 5.45. The summed E-state index contributed by atoms with van der Waals surface area (Å²) in [5.41, 5.74) is 7.45. The van der Waals surface area contributed by atoms with Gasteiger partial charge in [-0.3, -0.25) is 4.98 Å². The number of rotatable bonds is 4. The molecule has 0 bridgehead atoms. The highest BCUT2D eigenvalue weighted by Gasteiger charge is 2.20. The van der Waals surface area contributed by atoms with E-state index in [0.29, 0.717) is 17.5 Å². The second kappa shape index (κ2) is 10.7. The number of fused-ring (bicyclic) bond motifs is 8. The molecule has 5 nitrogen and oxygen atoms in total. The van der Waals surface area contributed by atoms with E-state index < -0.39 is 0 Å². The molecule has 0 spiro atoms. The standard InChI is InChI=1S/C42H24N4OS/c1-2-10-25(11-3-1)26-20-22-27(23-21-26)40-44-41(31-15-9-19-36-38(31)29-13-5-7-18-35(29)48-36)46-42(45-40)32-16-8-14-30-37-28-12-4-6-17-33(28)47-34(37)24-43-39(30)32/h1-24H. The van der Waals surface area contributed by atoms with Crippen LogP contribution in [0.25, 0.3) is 98.3 Å². The molecule has 0 aliphatic carbocycles. The van der Waals surface area contributed by atoms with Gasteiger partial charge in [-0.2, -0.15) is 0 Å². The largest absolute Gasteiger partial charge is 0.454 e. The van der Waals surface area contributed by atoms with Crippen molar-refractivity contribution in [2.24, 2.45) is 0 Å². The van der Waals surface area contributed by atoms with Crippen LogP contribution < -0.4 is 0 Å². The van der Waals surface area contributed by atoms with Gasteiger partial charge in [-0.25, -0.2) is 15.0 Å². The monoisotopic (exact) mass is 632 g/mol. The molecule has 6 aromatic carbocycles. The van der Waals surface area contributed by atoms with E-state index in [1.165, 1.54) is 14.8 Å². The van der Waals surface area contributed by atoms with E-state index in [9.17, 15) is 0 Å². The van der Waals surface area contributed by atoms with Crippen LogP contribution in [-0.2, 0) is 0 Å². The van der Waals surface area contributed by atoms with Crippen molar-refractivity contribution in [1.82, 2.24) is 19.9 Å². The highest BCUT2D eigenvalue weighted by molar-refractivity contribution is 7.25. The normalized spacial score (nSPS) is 11.8. The second-order valence-electron chi connectivity index (χ2n) is 11.8. The van der Waals surface area contributed by atoms with Crippen molar-refractivity contribution in [3.8, 4) is 45.3 Å². The van der Waals surface area contributed by atoms with Gasteiger partial charge < -0.3 is 4.42 Å². The molecule has 0 saturated heterocycles. The summed E-state index contributed by atoms with van der Waals surface area (Å²) in [6.45, 7) is 0. The van der Waals surface area contributed by atoms with Crippen molar-refractivity contribution in [2.75, 3.05) is 0 Å². The highest BCUT2D eigenvalue weighted by atomic mass is 32.1. The molecule has 224 valence electrons. The van der Waals surface area contributed by atoms with Crippen LogP contribution >= 0.6 is 11.3 Å². The first kappa shape index (κ1) is 26.9. The zero-order valence-corrected chi connectivity index (χ0v) is 26.3. The lowest BCUT2D eigenvalue weighted by molar-refractivity contribution is 0.667. The van der Waals surface area contributed by atoms with E-state index >= 15 is 0 Å². The first-order chi connectivity index (χ1) is 23.8. The zero-order chi connectivity index (χ0) is 31.6. The first-order valence-electron chi connectivity index (χ1n) is 15.8. The molecule has 10 aromatic rings. The number of pyridine rings is 1. The Bertz CT molecular complexity index is 2840. The molecule has 0 N–H and O–H groups in total. The van der Waals surface area contributed by atoms with Gasteiger partial charge in [0.05, 0.1) is 11.7 Å². The molecular weight excluding hydrogens is 609 g/mol. The van der Waals surface area contributed by atoms with Crippen LogP contribution in [0.1, 0.15) is 0 Å². The minimum atomic E-state index is 0.573. The fourth-order valence-electron chi connectivity index (χ4n) is 6.77. The van der Waals surface area contributed by atoms with Crippen molar-refractivity contribution >= 4 is 64.4 Å². The number of hydrogen-bond acceptors (Lipinski definition) is 6. The number of thiophene rings is 1. The molecule has 48 heavy (non-hydrogen) atoms. The highest BCUT2D eigenvalue weighted by Crippen LogP contribution is 2.41. The molecule has 4 aromatic heterocycles. The lowest BCUT2D eigenvalue weighted by Crippen LogP contribution is -2.01. The molecule has 10 rings (SSSR count). The van der Waals surface area contributed by atoms with Crippen molar-refractivity contribution in [2.45, 2.75) is 0 Å². The molecule has 4 heterocycles. The van der Waals surface area contributed by atoms with E-state index in [-0.39, 0.29) is 0 Å². The predicted octanol–water partition coefficient (Wildman–Crippen LogP) is 11.4. The lowest BCUT2D eigenvalue weighted by Gasteiger charge is -2.11. The summed E-state index contributed by atoms with van der Waals surface area (Å²) in [4.78, 5) is 20.4. The van der Waals surface area contributed by atoms with Gasteiger partial charge in [0.25, 0.3) is 0 Å². The third-order valence-electron chi connectivity index (χ3n) is 9.01. The summed E-state index contributed by atoms with van der Waals surface area (Å²) in [7, 11) is 0. The number of benzene rings is 6. The first-order valence-corrected chi connectivity index (χ1v) is 16.6. The zero-order valence-electron chi connectivity index (χ0n) is 25.5. The Kier molecular flexibility index (Phi) is 5.98. The van der Waals surface area contributed by atoms with E-state index in [1.807, 2.05) is 42.6 Å². The fourth-order valence-corrected chi connectivity index (χ4v) is 7.90. The average Bonchev–Trinajstić information content (AvgIpc) is 3.74. The topological polar surface area (TPSA) is 64.7 Å². The minimum absolute atomic E-state index is 0.573. The number of aromatic nitrogens is 4. The number of nitrogens with zero attached hydrogens (tertiary/aromatic N) is 4. The van der Waals surface area contributed by atoms with Gasteiger partial charge in [0, 0.05) is 53.0 Å². The molecule has 6 heteroatoms. The smallest absolute Gasteiger partial charge is 0.166 e.